The highest BCUT2D eigenvalue weighted by molar-refractivity contribution is 5.77. The number of nitrogens with zero attached hydrogens (tertiary/aromatic N) is 3. The van der Waals surface area contributed by atoms with Gasteiger partial charge in [0.05, 0.1) is 10.4 Å². The van der Waals surface area contributed by atoms with Crippen LogP contribution in [0.3, 0.4) is 0 Å². The number of carboxylic acid groups (broad SMARTS) is 1. The van der Waals surface area contributed by atoms with Gasteiger partial charge in [-0.05, 0) is 12.1 Å². The number of hydrogen-bond donors (Lipinski definition) is 2. The van der Waals surface area contributed by atoms with E-state index in [4.69, 9.17) is 9.90 Å². The molecule has 3 N–H and O–H groups in total. The van der Waals surface area contributed by atoms with Crippen molar-refractivity contribution in [3.05, 3.63) is 40.6 Å². The van der Waals surface area contributed by atoms with Crippen LogP contribution in [0.5, 0.6) is 0 Å². The number of benzene rings is 1. The molecule has 8 heteroatoms. The Morgan fingerprint density at radius 1 is 1.50 bits per heavy atom. The molecule has 0 saturated carbocycles. The van der Waals surface area contributed by atoms with Gasteiger partial charge in [-0.1, -0.05) is 12.1 Å². The minimum Gasteiger partial charge on any atom is -0.465 e. The van der Waals surface area contributed by atoms with Crippen LogP contribution in [0, 0.1) is 10.1 Å². The number of para-hydroxylation sites is 1. The topological polar surface area (TPSA) is 124 Å². The molecule has 0 fully saturated rings. The molecule has 0 radical (unpaired) electrons. The number of primary amides is 1. The van der Waals surface area contributed by atoms with Gasteiger partial charge in [-0.2, -0.15) is 0 Å². The highest BCUT2D eigenvalue weighted by Gasteiger charge is 2.08. The summed E-state index contributed by atoms with van der Waals surface area (Å²) in [6.07, 6.45) is 0.137. The smallest absolute Gasteiger partial charge is 0.402 e. The Morgan fingerprint density at radius 2 is 2.06 bits per heavy atom. The highest BCUT2D eigenvalue weighted by atomic mass is 16.7. The summed E-state index contributed by atoms with van der Waals surface area (Å²) in [5.41, 5.74) is 4.54. The van der Waals surface area contributed by atoms with Gasteiger partial charge < -0.3 is 21.0 Å². The molecule has 0 spiro atoms. The predicted octanol–water partition coefficient (Wildman–Crippen LogP) is 0.699. The number of amides is 1. The van der Waals surface area contributed by atoms with E-state index < -0.39 is 11.1 Å². The number of nitrogens with two attached hydrogens (primary N) is 1. The fourth-order valence-corrected chi connectivity index (χ4v) is 1.09. The highest BCUT2D eigenvalue weighted by Crippen LogP contribution is 2.11. The Bertz CT molecular complexity index is 517. The van der Waals surface area contributed by atoms with Gasteiger partial charge in [-0.15, -0.1) is 0 Å². The average molecular weight is 224 g/mol. The molecular formula is C8H8N4O4. The van der Waals surface area contributed by atoms with E-state index in [1.807, 2.05) is 6.07 Å². The summed E-state index contributed by atoms with van der Waals surface area (Å²) >= 11 is 0. The quantitative estimate of drug-likeness (QED) is 0.544. The van der Waals surface area contributed by atoms with Gasteiger partial charge in [0.2, 0.25) is 0 Å². The molecule has 0 bridgehead atoms. The number of carbonyl (C=O) groups is 1. The van der Waals surface area contributed by atoms with Crippen molar-refractivity contribution in [2.45, 2.75) is 0 Å². The Labute approximate surface area is 89.0 Å². The van der Waals surface area contributed by atoms with Gasteiger partial charge in [-0.25, -0.2) is 4.79 Å². The first-order chi connectivity index (χ1) is 7.52. The first-order valence-corrected chi connectivity index (χ1v) is 4.08. The van der Waals surface area contributed by atoms with Crippen LogP contribution in [-0.2, 0) is 0 Å². The first-order valence-electron chi connectivity index (χ1n) is 4.08. The second-order valence-electron chi connectivity index (χ2n) is 2.67. The summed E-state index contributed by atoms with van der Waals surface area (Å²) in [4.78, 5) is 19.9. The van der Waals surface area contributed by atoms with Crippen LogP contribution >= 0.6 is 0 Å². The zero-order valence-electron chi connectivity index (χ0n) is 7.98. The van der Waals surface area contributed by atoms with E-state index >= 15 is 0 Å². The normalized spacial score (nSPS) is 9.25. The van der Waals surface area contributed by atoms with E-state index in [2.05, 4.69) is 10.8 Å². The lowest BCUT2D eigenvalue weighted by Gasteiger charge is -1.91. The summed E-state index contributed by atoms with van der Waals surface area (Å²) < 4.78 is 0. The number of hydrogen-bond acceptors (Lipinski definition) is 4. The van der Waals surface area contributed by atoms with Gasteiger partial charge in [0, 0.05) is 9.89 Å². The standard InChI is InChI=1S/C7H5N3O2.CH3NO2/c11-10(12)9-7-4-2-1-3-6(7)5-8-9;2-1(3)4/h1-5H;2H2,(H,3,4). The molecule has 1 aromatic carbocycles. The summed E-state index contributed by atoms with van der Waals surface area (Å²) in [7, 11) is 0. The minimum absolute atomic E-state index is 0.516. The van der Waals surface area contributed by atoms with Crippen molar-refractivity contribution in [2.24, 2.45) is 5.73 Å². The Hall–Kier alpha value is -2.64. The molecule has 16 heavy (non-hydrogen) atoms. The molecule has 0 aliphatic heterocycles. The number of rotatable bonds is 1. The van der Waals surface area contributed by atoms with E-state index in [0.717, 1.165) is 10.2 Å². The molecule has 1 amide bonds. The molecule has 84 valence electrons. The lowest BCUT2D eigenvalue weighted by Crippen LogP contribution is -2.09. The van der Waals surface area contributed by atoms with Crippen LogP contribution < -0.4 is 5.73 Å². The second kappa shape index (κ2) is 4.73. The molecule has 0 atom stereocenters. The zero-order valence-corrected chi connectivity index (χ0v) is 7.98. The maximum Gasteiger partial charge on any atom is 0.402 e. The predicted molar refractivity (Wildman–Crippen MR) is 54.3 cm³/mol. The van der Waals surface area contributed by atoms with Crippen molar-refractivity contribution in [1.29, 1.82) is 0 Å². The van der Waals surface area contributed by atoms with E-state index in [1.54, 1.807) is 18.2 Å². The van der Waals surface area contributed by atoms with Crippen LogP contribution in [0.1, 0.15) is 0 Å². The molecule has 8 nitrogen and oxygen atoms in total. The van der Waals surface area contributed by atoms with Crippen LogP contribution in [0.2, 0.25) is 0 Å². The Balaban J connectivity index is 0.000000280. The van der Waals surface area contributed by atoms with Crippen molar-refractivity contribution < 1.29 is 14.9 Å². The number of fused-ring (bicyclic) bond motifs is 1. The molecule has 2 rings (SSSR count). The van der Waals surface area contributed by atoms with Crippen molar-refractivity contribution in [2.75, 3.05) is 0 Å². The summed E-state index contributed by atoms with van der Waals surface area (Å²) in [6.45, 7) is 0. The number of nitro groups is 1. The van der Waals surface area contributed by atoms with Crippen LogP contribution in [0.15, 0.2) is 30.5 Å². The third-order valence-electron chi connectivity index (χ3n) is 1.61. The van der Waals surface area contributed by atoms with Crippen molar-refractivity contribution in [3.8, 4) is 0 Å². The van der Waals surface area contributed by atoms with Gasteiger partial charge in [0.25, 0.3) is 0 Å². The fourth-order valence-electron chi connectivity index (χ4n) is 1.09. The SMILES string of the molecule is NC(=O)O.O=[N+]([O-])n1ncc2ccccc21. The molecule has 0 aliphatic rings. The van der Waals surface area contributed by atoms with Crippen molar-refractivity contribution >= 4 is 17.0 Å². The minimum atomic E-state index is -1.33. The summed E-state index contributed by atoms with van der Waals surface area (Å²) in [6, 6.07) is 6.99. The molecule has 0 aliphatic carbocycles. The number of aromatic nitrogens is 2. The molecule has 0 saturated heterocycles. The van der Waals surface area contributed by atoms with Gasteiger partial charge >= 0.3 is 6.09 Å². The molecule has 0 unspecified atom stereocenters. The van der Waals surface area contributed by atoms with Gasteiger partial charge in [-0.3, -0.25) is 0 Å². The molecule has 1 aromatic heterocycles. The van der Waals surface area contributed by atoms with Crippen molar-refractivity contribution in [3.63, 3.8) is 0 Å². The van der Waals surface area contributed by atoms with Gasteiger partial charge in [0.1, 0.15) is 5.52 Å². The Morgan fingerprint density at radius 3 is 2.62 bits per heavy atom. The monoisotopic (exact) mass is 224 g/mol. The third kappa shape index (κ3) is 2.67. The lowest BCUT2D eigenvalue weighted by molar-refractivity contribution is -0.548. The molecule has 2 aromatic rings. The maximum absolute atomic E-state index is 10.4. The first kappa shape index (κ1) is 11.4. The summed E-state index contributed by atoms with van der Waals surface area (Å²) in [5, 5.41) is 21.4. The van der Waals surface area contributed by atoms with Crippen LogP contribution in [-0.4, -0.2) is 26.1 Å². The van der Waals surface area contributed by atoms with Crippen LogP contribution in [0.25, 0.3) is 10.9 Å². The largest absolute Gasteiger partial charge is 0.465 e. The maximum atomic E-state index is 10.4. The average Bonchev–Trinajstić information content (AvgIpc) is 2.59. The third-order valence-corrected chi connectivity index (χ3v) is 1.61. The molecule has 1 heterocycles. The molecular weight excluding hydrogens is 216 g/mol. The van der Waals surface area contributed by atoms with Crippen LogP contribution in [0.4, 0.5) is 4.79 Å². The fraction of sp³-hybridized carbons (Fsp3) is 0. The lowest BCUT2D eigenvalue weighted by atomic mass is 10.3. The van der Waals surface area contributed by atoms with E-state index in [9.17, 15) is 10.1 Å². The van der Waals surface area contributed by atoms with E-state index in [-0.39, 0.29) is 0 Å². The van der Waals surface area contributed by atoms with Crippen molar-refractivity contribution in [1.82, 2.24) is 9.89 Å². The Kier molecular flexibility index (Phi) is 3.38. The van der Waals surface area contributed by atoms with E-state index in [1.165, 1.54) is 6.20 Å². The summed E-state index contributed by atoms with van der Waals surface area (Å²) in [5.74, 6) is 0. The second-order valence-corrected chi connectivity index (χ2v) is 2.67. The zero-order chi connectivity index (χ0) is 12.1. The van der Waals surface area contributed by atoms with E-state index in [0.29, 0.717) is 5.52 Å². The van der Waals surface area contributed by atoms with Gasteiger partial charge in [0.15, 0.2) is 6.20 Å².